The average molecular weight is 250 g/mol. The maximum absolute atomic E-state index is 6.05. The van der Waals surface area contributed by atoms with E-state index in [4.69, 9.17) is 28.9 Å². The lowest BCUT2D eigenvalue weighted by Crippen LogP contribution is -2.25. The zero-order valence-corrected chi connectivity index (χ0v) is 10.2. The molecule has 0 saturated carbocycles. The maximum atomic E-state index is 6.05. The minimum atomic E-state index is 0.654. The Labute approximate surface area is 101 Å². The molecule has 1 aliphatic rings. The molecular weight excluding hydrogens is 233 g/mol. The van der Waals surface area contributed by atoms with Crippen LogP contribution in [-0.2, 0) is 0 Å². The van der Waals surface area contributed by atoms with Gasteiger partial charge in [0.2, 0.25) is 0 Å². The van der Waals surface area contributed by atoms with Crippen LogP contribution in [0.25, 0.3) is 0 Å². The highest BCUT2D eigenvalue weighted by atomic mass is 35.5. The number of nitrogens with two attached hydrogens (primary N) is 1. The largest absolute Gasteiger partial charge is 0.329 e. The van der Waals surface area contributed by atoms with Crippen molar-refractivity contribution >= 4 is 28.9 Å². The molecular formula is C10H17Cl2N3. The second-order valence-electron chi connectivity index (χ2n) is 3.44. The van der Waals surface area contributed by atoms with Crippen molar-refractivity contribution in [3.63, 3.8) is 0 Å². The molecule has 0 bridgehead atoms. The van der Waals surface area contributed by atoms with Crippen molar-refractivity contribution in [1.82, 2.24) is 5.32 Å². The topological polar surface area (TPSA) is 50.4 Å². The normalized spacial score (nSPS) is 20.1. The van der Waals surface area contributed by atoms with Gasteiger partial charge in [0.15, 0.2) is 0 Å². The summed E-state index contributed by atoms with van der Waals surface area (Å²) in [6.07, 6.45) is 2.86. The van der Waals surface area contributed by atoms with Crippen LogP contribution in [0, 0.1) is 0 Å². The fraction of sp³-hybridized carbons (Fsp3) is 0.700. The van der Waals surface area contributed by atoms with Gasteiger partial charge in [0, 0.05) is 24.7 Å². The molecule has 1 rings (SSSR count). The summed E-state index contributed by atoms with van der Waals surface area (Å²) < 4.78 is 0. The van der Waals surface area contributed by atoms with Crippen LogP contribution in [0.15, 0.2) is 15.1 Å². The molecule has 3 nitrogen and oxygen atoms in total. The summed E-state index contributed by atoms with van der Waals surface area (Å²) in [5.41, 5.74) is 6.30. The van der Waals surface area contributed by atoms with E-state index in [1.54, 1.807) is 0 Å². The van der Waals surface area contributed by atoms with Crippen LogP contribution in [0.5, 0.6) is 0 Å². The second-order valence-corrected chi connectivity index (χ2v) is 4.27. The van der Waals surface area contributed by atoms with Crippen molar-refractivity contribution in [1.29, 1.82) is 0 Å². The summed E-state index contributed by atoms with van der Waals surface area (Å²) in [7, 11) is 0. The van der Waals surface area contributed by atoms with E-state index in [9.17, 15) is 0 Å². The zero-order chi connectivity index (χ0) is 11.1. The van der Waals surface area contributed by atoms with Crippen molar-refractivity contribution in [2.75, 3.05) is 26.2 Å². The van der Waals surface area contributed by atoms with Crippen molar-refractivity contribution in [3.8, 4) is 0 Å². The Hall–Kier alpha value is -0.0900. The van der Waals surface area contributed by atoms with Gasteiger partial charge in [0.25, 0.3) is 0 Å². The molecule has 1 aliphatic carbocycles. The van der Waals surface area contributed by atoms with Crippen LogP contribution < -0.4 is 11.1 Å². The first-order chi connectivity index (χ1) is 7.25. The highest BCUT2D eigenvalue weighted by Gasteiger charge is 2.14. The molecule has 0 aromatic carbocycles. The Morgan fingerprint density at radius 1 is 1.27 bits per heavy atom. The standard InChI is InChI=1S/C10H17Cl2N3/c11-8-2-1-3-9(10(8)12)15-7-6-14-5-4-13/h14H,1-7,13H2. The molecule has 0 spiro atoms. The van der Waals surface area contributed by atoms with Crippen LogP contribution >= 0.6 is 23.2 Å². The van der Waals surface area contributed by atoms with Gasteiger partial charge >= 0.3 is 0 Å². The van der Waals surface area contributed by atoms with Crippen molar-refractivity contribution in [2.45, 2.75) is 19.3 Å². The molecule has 0 heterocycles. The number of nitrogens with zero attached hydrogens (tertiary/aromatic N) is 1. The van der Waals surface area contributed by atoms with Gasteiger partial charge in [-0.25, -0.2) is 0 Å². The molecule has 0 saturated heterocycles. The first-order valence-electron chi connectivity index (χ1n) is 5.24. The summed E-state index contributed by atoms with van der Waals surface area (Å²) in [5.74, 6) is 0. The van der Waals surface area contributed by atoms with Crippen molar-refractivity contribution in [2.24, 2.45) is 10.7 Å². The third-order valence-electron chi connectivity index (χ3n) is 2.21. The maximum Gasteiger partial charge on any atom is 0.0761 e. The van der Waals surface area contributed by atoms with E-state index in [1.807, 2.05) is 0 Å². The van der Waals surface area contributed by atoms with E-state index in [0.717, 1.165) is 49.6 Å². The van der Waals surface area contributed by atoms with Gasteiger partial charge in [0.1, 0.15) is 0 Å². The molecule has 0 atom stereocenters. The predicted octanol–water partition coefficient (Wildman–Crippen LogP) is 1.85. The van der Waals surface area contributed by atoms with Crippen LogP contribution in [-0.4, -0.2) is 31.9 Å². The lowest BCUT2D eigenvalue weighted by atomic mass is 10.1. The quantitative estimate of drug-likeness (QED) is 0.731. The van der Waals surface area contributed by atoms with Gasteiger partial charge in [-0.2, -0.15) is 0 Å². The third kappa shape index (κ3) is 4.51. The molecule has 86 valence electrons. The molecule has 3 N–H and O–H groups in total. The Morgan fingerprint density at radius 2 is 2.07 bits per heavy atom. The summed E-state index contributed by atoms with van der Waals surface area (Å²) in [6, 6.07) is 0. The molecule has 0 aliphatic heterocycles. The fourth-order valence-electron chi connectivity index (χ4n) is 1.43. The number of aliphatic imine (C=N–C) groups is 1. The predicted molar refractivity (Wildman–Crippen MR) is 66.8 cm³/mol. The van der Waals surface area contributed by atoms with Gasteiger partial charge in [0.05, 0.1) is 17.3 Å². The molecule has 15 heavy (non-hydrogen) atoms. The van der Waals surface area contributed by atoms with Gasteiger partial charge in [-0.15, -0.1) is 0 Å². The van der Waals surface area contributed by atoms with Crippen molar-refractivity contribution in [3.05, 3.63) is 10.1 Å². The van der Waals surface area contributed by atoms with Crippen LogP contribution in [0.1, 0.15) is 19.3 Å². The van der Waals surface area contributed by atoms with E-state index in [-0.39, 0.29) is 0 Å². The Kier molecular flexibility index (Phi) is 6.25. The van der Waals surface area contributed by atoms with Crippen LogP contribution in [0.3, 0.4) is 0 Å². The third-order valence-corrected chi connectivity index (χ3v) is 3.13. The summed E-state index contributed by atoms with van der Waals surface area (Å²) in [5, 5.41) is 4.58. The highest BCUT2D eigenvalue weighted by Crippen LogP contribution is 2.28. The number of hydrogen-bond donors (Lipinski definition) is 2. The van der Waals surface area contributed by atoms with E-state index < -0.39 is 0 Å². The second kappa shape index (κ2) is 7.23. The molecule has 0 radical (unpaired) electrons. The van der Waals surface area contributed by atoms with Gasteiger partial charge in [-0.1, -0.05) is 23.2 Å². The highest BCUT2D eigenvalue weighted by molar-refractivity contribution is 6.49. The van der Waals surface area contributed by atoms with Gasteiger partial charge < -0.3 is 11.1 Å². The number of halogens is 2. The smallest absolute Gasteiger partial charge is 0.0761 e. The molecule has 0 fully saturated rings. The van der Waals surface area contributed by atoms with Gasteiger partial charge in [-0.3, -0.25) is 4.99 Å². The minimum absolute atomic E-state index is 0.654. The molecule has 0 unspecified atom stereocenters. The number of allylic oxidation sites excluding steroid dienone is 2. The molecule has 0 aromatic rings. The van der Waals surface area contributed by atoms with E-state index in [0.29, 0.717) is 11.6 Å². The molecule has 0 aromatic heterocycles. The molecule has 5 heteroatoms. The lowest BCUT2D eigenvalue weighted by Gasteiger charge is -2.13. The minimum Gasteiger partial charge on any atom is -0.329 e. The first-order valence-corrected chi connectivity index (χ1v) is 6.00. The van der Waals surface area contributed by atoms with Gasteiger partial charge in [-0.05, 0) is 19.3 Å². The number of nitrogens with one attached hydrogen (secondary N) is 1. The van der Waals surface area contributed by atoms with E-state index >= 15 is 0 Å². The average Bonchev–Trinajstić information content (AvgIpc) is 2.24. The molecule has 0 amide bonds. The zero-order valence-electron chi connectivity index (χ0n) is 8.73. The monoisotopic (exact) mass is 249 g/mol. The summed E-state index contributed by atoms with van der Waals surface area (Å²) in [4.78, 5) is 4.43. The Bertz CT molecular complexity index is 261. The first kappa shape index (κ1) is 13.0. The van der Waals surface area contributed by atoms with E-state index in [1.165, 1.54) is 0 Å². The van der Waals surface area contributed by atoms with Crippen molar-refractivity contribution < 1.29 is 0 Å². The van der Waals surface area contributed by atoms with Crippen LogP contribution in [0.4, 0.5) is 0 Å². The lowest BCUT2D eigenvalue weighted by molar-refractivity contribution is 0.695. The SMILES string of the molecule is NCCNCCN=C1CCCC(Cl)=C1Cl. The Balaban J connectivity index is 2.35. The summed E-state index contributed by atoms with van der Waals surface area (Å²) in [6.45, 7) is 3.05. The number of rotatable bonds is 5. The van der Waals surface area contributed by atoms with Crippen LogP contribution in [0.2, 0.25) is 0 Å². The van der Waals surface area contributed by atoms with E-state index in [2.05, 4.69) is 10.3 Å². The Morgan fingerprint density at radius 3 is 2.80 bits per heavy atom. The number of hydrogen-bond acceptors (Lipinski definition) is 3. The summed E-state index contributed by atoms with van der Waals surface area (Å²) >= 11 is 12.0. The fourth-order valence-corrected chi connectivity index (χ4v) is 1.92.